The van der Waals surface area contributed by atoms with Crippen LogP contribution in [0.25, 0.3) is 0 Å². The standard InChI is InChI=1S/C14H17NO9/c1-22-14-11(18)12(10(17)9(6-16)23-14)24-13(19)7-2-4-8(5-3-7)15(20)21/h2-5,9-12,14,16-18H,6H2,1H3/t9-,10-,11-,12+,14+/m1/s1. The number of esters is 1. The van der Waals surface area contributed by atoms with E-state index in [0.717, 1.165) is 12.1 Å². The Bertz CT molecular complexity index is 574. The lowest BCUT2D eigenvalue weighted by Crippen LogP contribution is -2.60. The molecule has 10 heteroatoms. The van der Waals surface area contributed by atoms with E-state index in [9.17, 15) is 30.2 Å². The van der Waals surface area contributed by atoms with E-state index < -0.39 is 48.2 Å². The molecule has 1 aromatic rings. The van der Waals surface area contributed by atoms with Gasteiger partial charge in [-0.15, -0.1) is 0 Å². The molecule has 0 bridgehead atoms. The SMILES string of the molecule is CO[C@H]1O[C@H](CO)[C@@H](O)[C@H](OC(=O)c2ccc([N+](=O)[O-])cc2)[C@H]1O. The monoisotopic (exact) mass is 343 g/mol. The summed E-state index contributed by atoms with van der Waals surface area (Å²) in [5.41, 5.74) is -0.196. The summed E-state index contributed by atoms with van der Waals surface area (Å²) in [5.74, 6) is -0.901. The van der Waals surface area contributed by atoms with Gasteiger partial charge in [0.1, 0.15) is 18.3 Å². The Balaban J connectivity index is 2.14. The molecule has 1 aliphatic heterocycles. The van der Waals surface area contributed by atoms with Gasteiger partial charge in [-0.3, -0.25) is 10.1 Å². The molecule has 1 heterocycles. The Morgan fingerprint density at radius 2 is 1.92 bits per heavy atom. The Morgan fingerprint density at radius 1 is 1.29 bits per heavy atom. The van der Waals surface area contributed by atoms with Gasteiger partial charge in [0.25, 0.3) is 5.69 Å². The van der Waals surface area contributed by atoms with Crippen molar-refractivity contribution >= 4 is 11.7 Å². The second-order valence-electron chi connectivity index (χ2n) is 5.12. The molecule has 1 saturated heterocycles. The van der Waals surface area contributed by atoms with Crippen LogP contribution >= 0.6 is 0 Å². The minimum Gasteiger partial charge on any atom is -0.453 e. The predicted molar refractivity (Wildman–Crippen MR) is 77.1 cm³/mol. The van der Waals surface area contributed by atoms with E-state index in [1.165, 1.54) is 19.2 Å². The van der Waals surface area contributed by atoms with Crippen LogP contribution in [-0.4, -0.2) is 70.6 Å². The van der Waals surface area contributed by atoms with E-state index in [1.54, 1.807) is 0 Å². The van der Waals surface area contributed by atoms with Gasteiger partial charge in [0, 0.05) is 19.2 Å². The normalized spacial score (nSPS) is 29.9. The van der Waals surface area contributed by atoms with Crippen molar-refractivity contribution in [3.8, 4) is 0 Å². The lowest BCUT2D eigenvalue weighted by atomic mass is 9.99. The summed E-state index contributed by atoms with van der Waals surface area (Å²) in [5, 5.41) is 39.9. The summed E-state index contributed by atoms with van der Waals surface area (Å²) in [6, 6.07) is 4.63. The summed E-state index contributed by atoms with van der Waals surface area (Å²) in [6.07, 6.45) is -6.65. The molecule has 0 aliphatic carbocycles. The van der Waals surface area contributed by atoms with Gasteiger partial charge < -0.3 is 29.5 Å². The molecular weight excluding hydrogens is 326 g/mol. The first-order valence-electron chi connectivity index (χ1n) is 6.99. The molecule has 1 fully saturated rings. The molecule has 0 saturated carbocycles. The second kappa shape index (κ2) is 7.64. The molecule has 10 nitrogen and oxygen atoms in total. The van der Waals surface area contributed by atoms with E-state index in [1.807, 2.05) is 0 Å². The van der Waals surface area contributed by atoms with E-state index >= 15 is 0 Å². The lowest BCUT2D eigenvalue weighted by molar-refractivity contribution is -0.384. The van der Waals surface area contributed by atoms with Crippen molar-refractivity contribution in [3.63, 3.8) is 0 Å². The van der Waals surface area contributed by atoms with Gasteiger partial charge >= 0.3 is 5.97 Å². The molecule has 1 aromatic carbocycles. The predicted octanol–water partition coefficient (Wildman–Crippen LogP) is -0.794. The van der Waals surface area contributed by atoms with Crippen LogP contribution in [0.3, 0.4) is 0 Å². The summed E-state index contributed by atoms with van der Waals surface area (Å²) in [4.78, 5) is 22.1. The smallest absolute Gasteiger partial charge is 0.338 e. The number of non-ortho nitro benzene ring substituents is 1. The minimum atomic E-state index is -1.48. The van der Waals surface area contributed by atoms with Crippen molar-refractivity contribution < 1.29 is 39.2 Å². The number of ether oxygens (including phenoxy) is 3. The van der Waals surface area contributed by atoms with Crippen molar-refractivity contribution in [2.24, 2.45) is 0 Å². The number of benzene rings is 1. The topological polar surface area (TPSA) is 149 Å². The first kappa shape index (κ1) is 18.2. The third kappa shape index (κ3) is 3.68. The average Bonchev–Trinajstić information content (AvgIpc) is 2.58. The number of carbonyl (C=O) groups excluding carboxylic acids is 1. The molecule has 0 radical (unpaired) electrons. The number of hydrogen-bond acceptors (Lipinski definition) is 9. The summed E-state index contributed by atoms with van der Waals surface area (Å²) < 4.78 is 15.1. The fourth-order valence-corrected chi connectivity index (χ4v) is 2.30. The van der Waals surface area contributed by atoms with Crippen molar-refractivity contribution in [2.75, 3.05) is 13.7 Å². The van der Waals surface area contributed by atoms with Gasteiger partial charge in [-0.05, 0) is 12.1 Å². The zero-order valence-electron chi connectivity index (χ0n) is 12.6. The summed E-state index contributed by atoms with van der Waals surface area (Å²) in [6.45, 7) is -0.570. The van der Waals surface area contributed by atoms with Gasteiger partial charge in [0.2, 0.25) is 0 Å². The number of nitro benzene ring substituents is 1. The number of aliphatic hydroxyl groups excluding tert-OH is 3. The molecule has 1 aliphatic rings. The first-order valence-corrected chi connectivity index (χ1v) is 6.99. The molecule has 0 amide bonds. The fourth-order valence-electron chi connectivity index (χ4n) is 2.30. The van der Waals surface area contributed by atoms with Crippen molar-refractivity contribution in [1.82, 2.24) is 0 Å². The lowest BCUT2D eigenvalue weighted by Gasteiger charge is -2.40. The van der Waals surface area contributed by atoms with Crippen molar-refractivity contribution in [1.29, 1.82) is 0 Å². The highest BCUT2D eigenvalue weighted by atomic mass is 16.7. The number of aliphatic hydroxyl groups is 3. The highest BCUT2D eigenvalue weighted by Crippen LogP contribution is 2.25. The molecule has 5 atom stereocenters. The minimum absolute atomic E-state index is 0.000933. The van der Waals surface area contributed by atoms with Crippen LogP contribution in [0.15, 0.2) is 24.3 Å². The third-order valence-electron chi connectivity index (χ3n) is 3.61. The number of methoxy groups -OCH3 is 1. The third-order valence-corrected chi connectivity index (χ3v) is 3.61. The Hall–Kier alpha value is -2.11. The first-order chi connectivity index (χ1) is 11.4. The van der Waals surface area contributed by atoms with Crippen LogP contribution in [0, 0.1) is 10.1 Å². The molecular formula is C14H17NO9. The van der Waals surface area contributed by atoms with Gasteiger partial charge in [-0.25, -0.2) is 4.79 Å². The average molecular weight is 343 g/mol. The molecule has 0 unspecified atom stereocenters. The van der Waals surface area contributed by atoms with E-state index in [-0.39, 0.29) is 11.3 Å². The molecule has 3 N–H and O–H groups in total. The largest absolute Gasteiger partial charge is 0.453 e. The second-order valence-corrected chi connectivity index (χ2v) is 5.12. The summed E-state index contributed by atoms with van der Waals surface area (Å²) >= 11 is 0. The molecule has 0 aromatic heterocycles. The highest BCUT2D eigenvalue weighted by Gasteiger charge is 2.47. The van der Waals surface area contributed by atoms with E-state index in [4.69, 9.17) is 14.2 Å². The Kier molecular flexibility index (Phi) is 5.80. The van der Waals surface area contributed by atoms with Gasteiger partial charge in [0.05, 0.1) is 17.1 Å². The van der Waals surface area contributed by atoms with Crippen LogP contribution < -0.4 is 0 Å². The number of nitrogens with zero attached hydrogens (tertiary/aromatic N) is 1. The quantitative estimate of drug-likeness (QED) is 0.355. The number of nitro groups is 1. The maximum atomic E-state index is 12.1. The van der Waals surface area contributed by atoms with Gasteiger partial charge in [-0.1, -0.05) is 0 Å². The van der Waals surface area contributed by atoms with Crippen molar-refractivity contribution in [2.45, 2.75) is 30.7 Å². The zero-order valence-corrected chi connectivity index (χ0v) is 12.6. The van der Waals surface area contributed by atoms with Crippen LogP contribution in [-0.2, 0) is 14.2 Å². The number of carbonyl (C=O) groups is 1. The number of hydrogen-bond donors (Lipinski definition) is 3. The van der Waals surface area contributed by atoms with Crippen LogP contribution in [0.5, 0.6) is 0 Å². The van der Waals surface area contributed by atoms with Gasteiger partial charge in [0.15, 0.2) is 12.4 Å². The highest BCUT2D eigenvalue weighted by molar-refractivity contribution is 5.89. The Morgan fingerprint density at radius 3 is 2.42 bits per heavy atom. The molecule has 24 heavy (non-hydrogen) atoms. The Labute approximate surface area is 136 Å². The van der Waals surface area contributed by atoms with Gasteiger partial charge in [-0.2, -0.15) is 0 Å². The fraction of sp³-hybridized carbons (Fsp3) is 0.500. The number of rotatable bonds is 5. The van der Waals surface area contributed by atoms with Crippen LogP contribution in [0.2, 0.25) is 0 Å². The van der Waals surface area contributed by atoms with E-state index in [0.29, 0.717) is 0 Å². The zero-order chi connectivity index (χ0) is 17.9. The van der Waals surface area contributed by atoms with Crippen LogP contribution in [0.4, 0.5) is 5.69 Å². The van der Waals surface area contributed by atoms with E-state index in [2.05, 4.69) is 0 Å². The maximum absolute atomic E-state index is 12.1. The molecule has 132 valence electrons. The van der Waals surface area contributed by atoms with Crippen LogP contribution in [0.1, 0.15) is 10.4 Å². The summed E-state index contributed by atoms with van der Waals surface area (Å²) in [7, 11) is 1.25. The maximum Gasteiger partial charge on any atom is 0.338 e. The van der Waals surface area contributed by atoms with Crippen molar-refractivity contribution in [3.05, 3.63) is 39.9 Å². The molecule has 0 spiro atoms. The molecule has 2 rings (SSSR count).